The van der Waals surface area contributed by atoms with E-state index in [0.717, 1.165) is 0 Å². The summed E-state index contributed by atoms with van der Waals surface area (Å²) in [5.41, 5.74) is -0.408. The Morgan fingerprint density at radius 2 is 2.23 bits per heavy atom. The molecule has 0 amide bonds. The van der Waals surface area contributed by atoms with Crippen LogP contribution in [0.4, 0.5) is 0 Å². The molecule has 0 unspecified atom stereocenters. The molecule has 0 aliphatic carbocycles. The van der Waals surface area contributed by atoms with Crippen molar-refractivity contribution in [2.45, 2.75) is 20.3 Å². The highest BCUT2D eigenvalue weighted by Gasteiger charge is 2.12. The zero-order valence-electron chi connectivity index (χ0n) is 7.42. The van der Waals surface area contributed by atoms with Crippen molar-refractivity contribution >= 4 is 5.97 Å². The lowest BCUT2D eigenvalue weighted by Gasteiger charge is -2.01. The highest BCUT2D eigenvalue weighted by molar-refractivity contribution is 5.86. The minimum atomic E-state index is -1.17. The number of rotatable bonds is 2. The molecule has 0 atom stereocenters. The van der Waals surface area contributed by atoms with Crippen LogP contribution >= 0.6 is 0 Å². The minimum Gasteiger partial charge on any atom is -0.476 e. The third kappa shape index (κ3) is 1.74. The van der Waals surface area contributed by atoms with E-state index in [9.17, 15) is 9.59 Å². The Hall–Kier alpha value is -1.65. The van der Waals surface area contributed by atoms with Gasteiger partial charge in [-0.3, -0.25) is 4.79 Å². The molecule has 0 saturated heterocycles. The van der Waals surface area contributed by atoms with E-state index in [2.05, 4.69) is 9.97 Å². The number of carbonyl (C=O) groups is 1. The summed E-state index contributed by atoms with van der Waals surface area (Å²) in [4.78, 5) is 28.1. The SMILES string of the molecule is CCc1nc(C(=O)O)c(C)c(=O)[nH]1. The third-order valence-corrected chi connectivity index (χ3v) is 1.74. The number of aromatic nitrogens is 2. The quantitative estimate of drug-likeness (QED) is 0.690. The molecule has 0 aliphatic heterocycles. The molecular formula is C8H10N2O3. The predicted octanol–water partition coefficient (Wildman–Crippen LogP) is 0.339. The maximum atomic E-state index is 11.2. The fourth-order valence-corrected chi connectivity index (χ4v) is 0.955. The average Bonchev–Trinajstić information content (AvgIpc) is 2.09. The maximum absolute atomic E-state index is 11.2. The summed E-state index contributed by atoms with van der Waals surface area (Å²) in [6.45, 7) is 3.23. The molecule has 0 bridgehead atoms. The number of nitrogens with zero attached hydrogens (tertiary/aromatic N) is 1. The molecule has 0 spiro atoms. The monoisotopic (exact) mass is 182 g/mol. The molecule has 5 nitrogen and oxygen atoms in total. The molecule has 2 N–H and O–H groups in total. The van der Waals surface area contributed by atoms with Crippen LogP contribution in [0.3, 0.4) is 0 Å². The molecule has 5 heteroatoms. The summed E-state index contributed by atoms with van der Waals surface area (Å²) in [6.07, 6.45) is 0.510. The molecule has 0 saturated carbocycles. The van der Waals surface area contributed by atoms with Gasteiger partial charge in [-0.25, -0.2) is 9.78 Å². The number of aryl methyl sites for hydroxylation is 1. The summed E-state index contributed by atoms with van der Waals surface area (Å²) in [7, 11) is 0. The predicted molar refractivity (Wildman–Crippen MR) is 45.9 cm³/mol. The molecule has 70 valence electrons. The van der Waals surface area contributed by atoms with Crippen LogP contribution in [0.5, 0.6) is 0 Å². The highest BCUT2D eigenvalue weighted by atomic mass is 16.4. The summed E-state index contributed by atoms with van der Waals surface area (Å²) in [5, 5.41) is 8.69. The maximum Gasteiger partial charge on any atom is 0.355 e. The molecular weight excluding hydrogens is 172 g/mol. The first kappa shape index (κ1) is 9.44. The summed E-state index contributed by atoms with van der Waals surface area (Å²) in [6, 6.07) is 0. The van der Waals surface area contributed by atoms with Crippen LogP contribution in [0, 0.1) is 6.92 Å². The number of hydrogen-bond donors (Lipinski definition) is 2. The number of carboxylic acid groups (broad SMARTS) is 1. The molecule has 0 fully saturated rings. The lowest BCUT2D eigenvalue weighted by Crippen LogP contribution is -2.20. The van der Waals surface area contributed by atoms with Crippen molar-refractivity contribution in [3.63, 3.8) is 0 Å². The van der Waals surface area contributed by atoms with Gasteiger partial charge in [-0.1, -0.05) is 6.92 Å². The Labute approximate surface area is 74.4 Å². The van der Waals surface area contributed by atoms with Gasteiger partial charge in [0.15, 0.2) is 5.69 Å². The molecule has 1 heterocycles. The average molecular weight is 182 g/mol. The Bertz CT molecular complexity index is 395. The molecule has 0 aliphatic rings. The van der Waals surface area contributed by atoms with Gasteiger partial charge in [0, 0.05) is 12.0 Å². The van der Waals surface area contributed by atoms with Gasteiger partial charge in [0.1, 0.15) is 5.82 Å². The van der Waals surface area contributed by atoms with Gasteiger partial charge in [0.05, 0.1) is 0 Å². The number of aromatic amines is 1. The molecule has 1 aromatic heterocycles. The van der Waals surface area contributed by atoms with Gasteiger partial charge >= 0.3 is 5.97 Å². The van der Waals surface area contributed by atoms with Crippen molar-refractivity contribution in [1.29, 1.82) is 0 Å². The Morgan fingerprint density at radius 3 is 2.69 bits per heavy atom. The summed E-state index contributed by atoms with van der Waals surface area (Å²) < 4.78 is 0. The topological polar surface area (TPSA) is 83.0 Å². The lowest BCUT2D eigenvalue weighted by molar-refractivity contribution is 0.0689. The first-order chi connectivity index (χ1) is 6.06. The van der Waals surface area contributed by atoms with Gasteiger partial charge in [-0.15, -0.1) is 0 Å². The van der Waals surface area contributed by atoms with Crippen LogP contribution in [0.25, 0.3) is 0 Å². The van der Waals surface area contributed by atoms with E-state index in [1.807, 2.05) is 0 Å². The van der Waals surface area contributed by atoms with E-state index >= 15 is 0 Å². The summed E-state index contributed by atoms with van der Waals surface area (Å²) in [5.74, 6) is -0.772. The molecule has 0 radical (unpaired) electrons. The normalized spacial score (nSPS) is 10.0. The van der Waals surface area contributed by atoms with Crippen LogP contribution in [0.2, 0.25) is 0 Å². The van der Waals surface area contributed by atoms with Crippen molar-refractivity contribution < 1.29 is 9.90 Å². The lowest BCUT2D eigenvalue weighted by atomic mass is 10.2. The summed E-state index contributed by atoms with van der Waals surface area (Å²) >= 11 is 0. The number of H-pyrrole nitrogens is 1. The Kier molecular flexibility index (Phi) is 2.46. The first-order valence-electron chi connectivity index (χ1n) is 3.89. The smallest absolute Gasteiger partial charge is 0.355 e. The van der Waals surface area contributed by atoms with Gasteiger partial charge in [0.25, 0.3) is 5.56 Å². The van der Waals surface area contributed by atoms with Crippen LogP contribution in [0.1, 0.15) is 28.8 Å². The Balaban J connectivity index is 3.42. The van der Waals surface area contributed by atoms with Gasteiger partial charge in [-0.2, -0.15) is 0 Å². The second-order valence-electron chi connectivity index (χ2n) is 2.64. The van der Waals surface area contributed by atoms with Crippen LogP contribution < -0.4 is 5.56 Å². The van der Waals surface area contributed by atoms with E-state index < -0.39 is 5.97 Å². The fraction of sp³-hybridized carbons (Fsp3) is 0.375. The van der Waals surface area contributed by atoms with E-state index in [1.165, 1.54) is 6.92 Å². The number of hydrogen-bond acceptors (Lipinski definition) is 3. The molecule has 1 aromatic rings. The fourth-order valence-electron chi connectivity index (χ4n) is 0.955. The molecule has 13 heavy (non-hydrogen) atoms. The zero-order valence-corrected chi connectivity index (χ0v) is 7.42. The van der Waals surface area contributed by atoms with Crippen LogP contribution in [-0.4, -0.2) is 21.0 Å². The Morgan fingerprint density at radius 1 is 1.62 bits per heavy atom. The minimum absolute atomic E-state index is 0.143. The third-order valence-electron chi connectivity index (χ3n) is 1.74. The molecule has 0 aromatic carbocycles. The van der Waals surface area contributed by atoms with Gasteiger partial charge in [-0.05, 0) is 6.92 Å². The number of aromatic carboxylic acids is 1. The standard InChI is InChI=1S/C8H10N2O3/c1-3-5-9-6(8(12)13)4(2)7(11)10-5/h3H2,1-2H3,(H,12,13)(H,9,10,11). The van der Waals surface area contributed by atoms with Gasteiger partial charge < -0.3 is 10.1 Å². The number of nitrogens with one attached hydrogen (secondary N) is 1. The van der Waals surface area contributed by atoms with E-state index in [4.69, 9.17) is 5.11 Å². The van der Waals surface area contributed by atoms with Gasteiger partial charge in [0.2, 0.25) is 0 Å². The second-order valence-corrected chi connectivity index (χ2v) is 2.64. The first-order valence-corrected chi connectivity index (χ1v) is 3.89. The van der Waals surface area contributed by atoms with Crippen molar-refractivity contribution in [2.24, 2.45) is 0 Å². The zero-order chi connectivity index (χ0) is 10.0. The number of carboxylic acids is 1. The van der Waals surface area contributed by atoms with Crippen molar-refractivity contribution in [2.75, 3.05) is 0 Å². The van der Waals surface area contributed by atoms with Crippen molar-refractivity contribution in [1.82, 2.24) is 9.97 Å². The van der Waals surface area contributed by atoms with E-state index in [-0.39, 0.29) is 16.8 Å². The second kappa shape index (κ2) is 3.38. The van der Waals surface area contributed by atoms with E-state index in [1.54, 1.807) is 6.92 Å². The largest absolute Gasteiger partial charge is 0.476 e. The highest BCUT2D eigenvalue weighted by Crippen LogP contribution is 1.99. The van der Waals surface area contributed by atoms with Crippen molar-refractivity contribution in [3.8, 4) is 0 Å². The van der Waals surface area contributed by atoms with E-state index in [0.29, 0.717) is 12.2 Å². The molecule has 1 rings (SSSR count). The van der Waals surface area contributed by atoms with Crippen LogP contribution in [0.15, 0.2) is 4.79 Å². The van der Waals surface area contributed by atoms with Crippen LogP contribution in [-0.2, 0) is 6.42 Å². The van der Waals surface area contributed by atoms with Crippen molar-refractivity contribution in [3.05, 3.63) is 27.4 Å².